The molecule has 0 amide bonds. The van der Waals surface area contributed by atoms with Crippen molar-refractivity contribution in [2.45, 2.75) is 6.92 Å². The van der Waals surface area contributed by atoms with E-state index in [0.717, 1.165) is 7.11 Å². The number of rotatable bonds is 7. The molecule has 106 valence electrons. The molecule has 0 radical (unpaired) electrons. The molecule has 0 bridgehead atoms. The van der Waals surface area contributed by atoms with Crippen LogP contribution in [0.3, 0.4) is 0 Å². The highest BCUT2D eigenvalue weighted by Crippen LogP contribution is 2.51. The van der Waals surface area contributed by atoms with Crippen LogP contribution < -0.4 is 0 Å². The molecule has 0 rings (SSSR count). The molecule has 0 heterocycles. The minimum absolute atomic E-state index is 0.150. The zero-order chi connectivity index (χ0) is 13.9. The van der Waals surface area contributed by atoms with Crippen LogP contribution in [0.15, 0.2) is 0 Å². The van der Waals surface area contributed by atoms with Gasteiger partial charge in [-0.25, -0.2) is 9.13 Å². The highest BCUT2D eigenvalue weighted by atomic mass is 35.5. The minimum atomic E-state index is -3.65. The van der Waals surface area contributed by atoms with Crippen LogP contribution in [0, 0.1) is 0 Å². The Morgan fingerprint density at radius 2 is 1.24 bits per heavy atom. The monoisotopic (exact) mass is 374 g/mol. The molecule has 8 nitrogen and oxygen atoms in total. The molecule has 0 aliphatic carbocycles. The quantitative estimate of drug-likeness (QED) is 0.598. The summed E-state index contributed by atoms with van der Waals surface area (Å²) in [5.74, 6) is 0. The summed E-state index contributed by atoms with van der Waals surface area (Å²) >= 11 is 18.6. The fraction of sp³-hybridized carbons (Fsp3) is 1.00. The van der Waals surface area contributed by atoms with Gasteiger partial charge in [0.25, 0.3) is 0 Å². The highest BCUT2D eigenvalue weighted by molar-refractivity contribution is 7.50. The predicted molar refractivity (Wildman–Crippen MR) is 61.6 cm³/mol. The van der Waals surface area contributed by atoms with Crippen molar-refractivity contribution in [3.63, 3.8) is 0 Å². The molecule has 14 heteroatoms. The van der Waals surface area contributed by atoms with Crippen LogP contribution in [0.5, 0.6) is 0 Å². The van der Waals surface area contributed by atoms with Crippen molar-refractivity contribution < 1.29 is 34.5 Å². The Morgan fingerprint density at radius 1 is 0.882 bits per heavy atom. The zero-order valence-corrected chi connectivity index (χ0v) is 13.2. The van der Waals surface area contributed by atoms with E-state index in [1.54, 1.807) is 6.92 Å². The smallest absolute Gasteiger partial charge is 0.288 e. The third kappa shape index (κ3) is 9.90. The van der Waals surface area contributed by atoms with E-state index in [-0.39, 0.29) is 6.61 Å². The molecule has 0 unspecified atom stereocenters. The second kappa shape index (κ2) is 11.2. The van der Waals surface area contributed by atoms with Crippen LogP contribution in [0.2, 0.25) is 0 Å². The van der Waals surface area contributed by atoms with Gasteiger partial charge in [-0.3, -0.25) is 9.05 Å². The summed E-state index contributed by atoms with van der Waals surface area (Å²) < 4.78 is 44.4. The van der Waals surface area contributed by atoms with Gasteiger partial charge in [0.05, 0.1) is 54.1 Å². The molecule has 0 N–H and O–H groups in total. The van der Waals surface area contributed by atoms with Crippen molar-refractivity contribution >= 4 is 63.1 Å². The summed E-state index contributed by atoms with van der Waals surface area (Å²) in [6.45, 7) is 1.75. The first-order valence-corrected chi connectivity index (χ1v) is 7.64. The van der Waals surface area contributed by atoms with E-state index in [2.05, 4.69) is 49.1 Å². The zero-order valence-electron chi connectivity index (χ0n) is 8.38. The van der Waals surface area contributed by atoms with Crippen LogP contribution in [-0.2, 0) is 34.5 Å². The van der Waals surface area contributed by atoms with E-state index in [1.807, 2.05) is 0 Å². The van der Waals surface area contributed by atoms with Gasteiger partial charge in [-0.2, -0.15) is 16.3 Å². The fourth-order valence-electron chi connectivity index (χ4n) is 0.276. The van der Waals surface area contributed by atoms with Crippen molar-refractivity contribution in [1.29, 1.82) is 0 Å². The summed E-state index contributed by atoms with van der Waals surface area (Å²) in [6, 6.07) is 0. The Labute approximate surface area is 118 Å². The van der Waals surface area contributed by atoms with E-state index in [1.165, 1.54) is 0 Å². The minimum Gasteiger partial charge on any atom is -0.288 e. The van der Waals surface area contributed by atoms with E-state index >= 15 is 0 Å². The third-order valence-corrected chi connectivity index (χ3v) is 4.58. The van der Waals surface area contributed by atoms with E-state index in [4.69, 9.17) is 23.7 Å². The molecule has 0 aliphatic heterocycles. The third-order valence-electron chi connectivity index (χ3n) is 0.849. The standard InChI is InChI=1S/C2H5Cl2O4P.CH3Cl2O4P/c1-2-6-9(5,7-3)8-4;1-5-8(4,6-2)7-3/h2H2,1H3;1H3. The molecule has 0 aromatic heterocycles. The fourth-order valence-corrected chi connectivity index (χ4v) is 1.91. The van der Waals surface area contributed by atoms with Gasteiger partial charge in [-0.05, 0) is 6.92 Å². The van der Waals surface area contributed by atoms with Crippen molar-refractivity contribution in [1.82, 2.24) is 0 Å². The first kappa shape index (κ1) is 20.7. The van der Waals surface area contributed by atoms with Gasteiger partial charge in [0, 0.05) is 7.11 Å². The van der Waals surface area contributed by atoms with Crippen LogP contribution >= 0.6 is 63.1 Å². The first-order chi connectivity index (χ1) is 7.86. The average molecular weight is 376 g/mol. The molecule has 0 saturated heterocycles. The van der Waals surface area contributed by atoms with Crippen molar-refractivity contribution in [2.24, 2.45) is 0 Å². The Hall–Kier alpha value is 1.38. The van der Waals surface area contributed by atoms with Gasteiger partial charge in [-0.15, -0.1) is 0 Å². The van der Waals surface area contributed by atoms with Crippen LogP contribution in [0.25, 0.3) is 0 Å². The Kier molecular flexibility index (Phi) is 13.7. The van der Waals surface area contributed by atoms with Gasteiger partial charge in [0.2, 0.25) is 0 Å². The Bertz CT molecular complexity index is 248. The normalized spacial score (nSPS) is 11.9. The maximum atomic E-state index is 10.6. The number of halogens is 4. The van der Waals surface area contributed by atoms with Crippen molar-refractivity contribution in [2.75, 3.05) is 13.7 Å². The second-order valence-electron chi connectivity index (χ2n) is 1.77. The summed E-state index contributed by atoms with van der Waals surface area (Å²) in [5, 5.41) is 0. The van der Waals surface area contributed by atoms with E-state index < -0.39 is 15.6 Å². The average Bonchev–Trinajstić information content (AvgIpc) is 2.38. The van der Waals surface area contributed by atoms with Crippen molar-refractivity contribution in [3.8, 4) is 0 Å². The lowest BCUT2D eigenvalue weighted by Gasteiger charge is -2.05. The number of hydrogen-bond donors (Lipinski definition) is 0. The van der Waals surface area contributed by atoms with Gasteiger partial charge in [0.1, 0.15) is 0 Å². The molecule has 0 aromatic carbocycles. The predicted octanol–water partition coefficient (Wildman–Crippen LogP) is 4.55. The van der Waals surface area contributed by atoms with E-state index in [0.29, 0.717) is 0 Å². The molecule has 0 saturated carbocycles. The van der Waals surface area contributed by atoms with Gasteiger partial charge in [0.15, 0.2) is 0 Å². The van der Waals surface area contributed by atoms with Crippen molar-refractivity contribution in [3.05, 3.63) is 0 Å². The lowest BCUT2D eigenvalue weighted by atomic mass is 10.9. The van der Waals surface area contributed by atoms with Crippen LogP contribution in [-0.4, -0.2) is 13.7 Å². The molecule has 0 aromatic rings. The lowest BCUT2D eigenvalue weighted by Crippen LogP contribution is -1.88. The number of hydrogen-bond acceptors (Lipinski definition) is 8. The Balaban J connectivity index is 0. The highest BCUT2D eigenvalue weighted by Gasteiger charge is 2.25. The van der Waals surface area contributed by atoms with Gasteiger partial charge in [-0.1, -0.05) is 0 Å². The molecule has 17 heavy (non-hydrogen) atoms. The maximum Gasteiger partial charge on any atom is 0.507 e. The Morgan fingerprint density at radius 3 is 1.29 bits per heavy atom. The number of phosphoric acid groups is 2. The summed E-state index contributed by atoms with van der Waals surface area (Å²) in [6.07, 6.45) is 0. The lowest BCUT2D eigenvalue weighted by molar-refractivity contribution is 0.230. The van der Waals surface area contributed by atoms with Crippen LogP contribution in [0.4, 0.5) is 0 Å². The van der Waals surface area contributed by atoms with Crippen LogP contribution in [0.1, 0.15) is 6.92 Å². The molecule has 0 aliphatic rings. The largest absolute Gasteiger partial charge is 0.507 e. The van der Waals surface area contributed by atoms with E-state index in [9.17, 15) is 9.13 Å². The summed E-state index contributed by atoms with van der Waals surface area (Å²) in [7, 11) is -6.19. The first-order valence-electron chi connectivity index (χ1n) is 3.48. The molecule has 0 fully saturated rings. The summed E-state index contributed by atoms with van der Waals surface area (Å²) in [4.78, 5) is 0. The molecule has 0 atom stereocenters. The van der Waals surface area contributed by atoms with Gasteiger partial charge >= 0.3 is 15.6 Å². The maximum absolute atomic E-state index is 10.6. The SMILES string of the molecule is CCOP(=O)(OCl)OCl.COP(=O)(OCl)OCl. The topological polar surface area (TPSA) is 89.5 Å². The molecule has 0 spiro atoms. The van der Waals surface area contributed by atoms with Gasteiger partial charge < -0.3 is 0 Å². The summed E-state index contributed by atoms with van der Waals surface area (Å²) in [5.41, 5.74) is 0. The second-order valence-corrected chi connectivity index (χ2v) is 6.39. The molecular weight excluding hydrogens is 368 g/mol. The molecular formula is C3H8Cl4O8P2.